The minimum Gasteiger partial charge on any atom is -0.477 e. The topological polar surface area (TPSA) is 59.3 Å². The van der Waals surface area contributed by atoms with E-state index in [1.54, 1.807) is 6.92 Å². The molecule has 7 heteroatoms. The third-order valence-electron chi connectivity index (χ3n) is 4.49. The summed E-state index contributed by atoms with van der Waals surface area (Å²) in [5.74, 6) is -5.93. The Hall–Kier alpha value is -2.31. The van der Waals surface area contributed by atoms with Crippen LogP contribution in [-0.2, 0) is 12.8 Å². The molecule has 1 N–H and O–H groups in total. The van der Waals surface area contributed by atoms with E-state index in [1.807, 2.05) is 0 Å². The number of aryl methyl sites for hydroxylation is 1. The monoisotopic (exact) mass is 339 g/mol. The number of fused-ring (bicyclic) bond motifs is 1. The molecule has 0 unspecified atom stereocenters. The highest BCUT2D eigenvalue weighted by Crippen LogP contribution is 2.40. The van der Waals surface area contributed by atoms with Crippen LogP contribution < -0.4 is 5.43 Å². The third-order valence-corrected chi connectivity index (χ3v) is 4.49. The molecule has 0 amide bonds. The average molecular weight is 339 g/mol. The fraction of sp³-hybridized carbons (Fsp3) is 0.412. The Morgan fingerprint density at radius 3 is 2.21 bits per heavy atom. The molecule has 1 aliphatic rings. The van der Waals surface area contributed by atoms with Crippen molar-refractivity contribution in [1.29, 1.82) is 0 Å². The predicted molar refractivity (Wildman–Crippen MR) is 82.1 cm³/mol. The smallest absolute Gasteiger partial charge is 0.341 e. The number of halogens is 3. The maximum absolute atomic E-state index is 14.5. The van der Waals surface area contributed by atoms with E-state index in [2.05, 4.69) is 0 Å². The van der Waals surface area contributed by atoms with Gasteiger partial charge in [0.15, 0.2) is 17.5 Å². The highest BCUT2D eigenvalue weighted by Gasteiger charge is 2.34. The van der Waals surface area contributed by atoms with Gasteiger partial charge >= 0.3 is 5.97 Å². The van der Waals surface area contributed by atoms with Gasteiger partial charge in [-0.15, -0.1) is 0 Å². The summed E-state index contributed by atoms with van der Waals surface area (Å²) in [6.07, 6.45) is 1.46. The Morgan fingerprint density at radius 2 is 1.75 bits per heavy atom. The van der Waals surface area contributed by atoms with Crippen molar-refractivity contribution in [2.24, 2.45) is 0 Å². The zero-order chi connectivity index (χ0) is 17.8. The zero-order valence-electron chi connectivity index (χ0n) is 13.3. The number of aromatic nitrogens is 1. The van der Waals surface area contributed by atoms with Gasteiger partial charge in [-0.2, -0.15) is 0 Å². The Balaban J connectivity index is 2.68. The molecule has 0 saturated heterocycles. The van der Waals surface area contributed by atoms with Gasteiger partial charge in [0.25, 0.3) is 0 Å². The number of carbonyl (C=O) groups is 1. The van der Waals surface area contributed by atoms with Crippen LogP contribution in [0.15, 0.2) is 4.79 Å². The molecule has 3 rings (SSSR count). The standard InChI is InChI=1S/C17H16F3NO3/c1-3-8-10-15(14(20)13(19)12(8)18)21(7-5-6-7)9(4-2)11(16(10)22)17(23)24/h7H,3-6H2,1-2H3,(H,23,24). The maximum Gasteiger partial charge on any atom is 0.341 e. The van der Waals surface area contributed by atoms with Crippen molar-refractivity contribution in [3.8, 4) is 0 Å². The lowest BCUT2D eigenvalue weighted by atomic mass is 9.98. The van der Waals surface area contributed by atoms with E-state index in [-0.39, 0.29) is 41.0 Å². The first-order valence-corrected chi connectivity index (χ1v) is 7.84. The summed E-state index contributed by atoms with van der Waals surface area (Å²) in [6, 6.07) is -0.204. The highest BCUT2D eigenvalue weighted by molar-refractivity contribution is 5.95. The molecule has 0 radical (unpaired) electrons. The van der Waals surface area contributed by atoms with Gasteiger partial charge in [0.05, 0.1) is 10.9 Å². The number of nitrogens with zero attached hydrogens (tertiary/aromatic N) is 1. The fourth-order valence-corrected chi connectivity index (χ4v) is 3.31. The molecule has 1 aliphatic carbocycles. The summed E-state index contributed by atoms with van der Waals surface area (Å²) >= 11 is 0. The van der Waals surface area contributed by atoms with Crippen LogP contribution in [0.1, 0.15) is 54.3 Å². The van der Waals surface area contributed by atoms with Gasteiger partial charge in [0.1, 0.15) is 5.56 Å². The summed E-state index contributed by atoms with van der Waals surface area (Å²) in [7, 11) is 0. The normalized spacial score (nSPS) is 14.4. The number of carboxylic acids is 1. The predicted octanol–water partition coefficient (Wildman–Crippen LogP) is 3.58. The van der Waals surface area contributed by atoms with E-state index in [0.717, 1.165) is 0 Å². The Morgan fingerprint density at radius 1 is 1.12 bits per heavy atom. The summed E-state index contributed by atoms with van der Waals surface area (Å²) < 4.78 is 44.1. The minimum absolute atomic E-state index is 0.0516. The van der Waals surface area contributed by atoms with Crippen molar-refractivity contribution in [2.45, 2.75) is 45.6 Å². The molecule has 0 spiro atoms. The summed E-state index contributed by atoms with van der Waals surface area (Å²) in [4.78, 5) is 24.3. The molecule has 0 atom stereocenters. The number of rotatable bonds is 4. The van der Waals surface area contributed by atoms with Gasteiger partial charge in [0.2, 0.25) is 5.43 Å². The Kier molecular flexibility index (Phi) is 3.89. The lowest BCUT2D eigenvalue weighted by molar-refractivity contribution is 0.0693. The number of aromatic carboxylic acids is 1. The molecule has 2 aromatic rings. The molecule has 0 aliphatic heterocycles. The highest BCUT2D eigenvalue weighted by atomic mass is 19.2. The van der Waals surface area contributed by atoms with E-state index in [4.69, 9.17) is 0 Å². The molecule has 128 valence electrons. The molecular formula is C17H16F3NO3. The van der Waals surface area contributed by atoms with E-state index in [9.17, 15) is 27.9 Å². The average Bonchev–Trinajstić information content (AvgIpc) is 3.37. The number of pyridine rings is 1. The number of carboxylic acid groups (broad SMARTS) is 1. The Bertz CT molecular complexity index is 930. The van der Waals surface area contributed by atoms with Gasteiger partial charge < -0.3 is 9.67 Å². The molecule has 24 heavy (non-hydrogen) atoms. The first kappa shape index (κ1) is 16.5. The van der Waals surface area contributed by atoms with Crippen molar-refractivity contribution < 1.29 is 23.1 Å². The van der Waals surface area contributed by atoms with Crippen LogP contribution in [-0.4, -0.2) is 15.6 Å². The van der Waals surface area contributed by atoms with Gasteiger partial charge in [-0.05, 0) is 25.7 Å². The van der Waals surface area contributed by atoms with Crippen LogP contribution in [0.3, 0.4) is 0 Å². The lowest BCUT2D eigenvalue weighted by Crippen LogP contribution is -2.26. The number of benzene rings is 1. The van der Waals surface area contributed by atoms with Crippen LogP contribution in [0.4, 0.5) is 13.2 Å². The molecule has 4 nitrogen and oxygen atoms in total. The molecule has 1 heterocycles. The summed E-state index contributed by atoms with van der Waals surface area (Å²) in [6.45, 7) is 3.15. The largest absolute Gasteiger partial charge is 0.477 e. The molecule has 1 fully saturated rings. The summed E-state index contributed by atoms with van der Waals surface area (Å²) in [5.41, 5.74) is -1.90. The SMILES string of the molecule is CCc1c(F)c(F)c(F)c2c1c(=O)c(C(=O)O)c(CC)n2C1CC1. The first-order chi connectivity index (χ1) is 11.3. The lowest BCUT2D eigenvalue weighted by Gasteiger charge is -2.20. The summed E-state index contributed by atoms with van der Waals surface area (Å²) in [5, 5.41) is 9.08. The van der Waals surface area contributed by atoms with Crippen LogP contribution in [0.25, 0.3) is 10.9 Å². The molecule has 1 aromatic heterocycles. The van der Waals surface area contributed by atoms with Crippen molar-refractivity contribution in [3.05, 3.63) is 44.5 Å². The van der Waals surface area contributed by atoms with Gasteiger partial charge in [0, 0.05) is 17.3 Å². The molecular weight excluding hydrogens is 323 g/mol. The van der Waals surface area contributed by atoms with Crippen LogP contribution in [0.2, 0.25) is 0 Å². The fourth-order valence-electron chi connectivity index (χ4n) is 3.31. The second kappa shape index (κ2) is 5.65. The van der Waals surface area contributed by atoms with Crippen molar-refractivity contribution in [2.75, 3.05) is 0 Å². The third kappa shape index (κ3) is 2.14. The van der Waals surface area contributed by atoms with Crippen LogP contribution in [0, 0.1) is 17.5 Å². The molecule has 0 bridgehead atoms. The Labute approximate surface area is 135 Å². The first-order valence-electron chi connectivity index (χ1n) is 7.84. The quantitative estimate of drug-likeness (QED) is 0.866. The second-order valence-electron chi connectivity index (χ2n) is 5.91. The van der Waals surface area contributed by atoms with E-state index in [0.29, 0.717) is 12.8 Å². The van der Waals surface area contributed by atoms with Crippen molar-refractivity contribution in [3.63, 3.8) is 0 Å². The van der Waals surface area contributed by atoms with Crippen molar-refractivity contribution >= 4 is 16.9 Å². The van der Waals surface area contributed by atoms with Gasteiger partial charge in [-0.1, -0.05) is 13.8 Å². The zero-order valence-corrected chi connectivity index (χ0v) is 13.3. The van der Waals surface area contributed by atoms with E-state index in [1.165, 1.54) is 11.5 Å². The van der Waals surface area contributed by atoms with Gasteiger partial charge in [-0.3, -0.25) is 4.79 Å². The van der Waals surface area contributed by atoms with E-state index >= 15 is 0 Å². The maximum atomic E-state index is 14.5. The number of hydrogen-bond acceptors (Lipinski definition) is 2. The van der Waals surface area contributed by atoms with Crippen LogP contribution in [0.5, 0.6) is 0 Å². The minimum atomic E-state index is -1.63. The molecule has 1 aromatic carbocycles. The number of hydrogen-bond donors (Lipinski definition) is 1. The second-order valence-corrected chi connectivity index (χ2v) is 5.91. The van der Waals surface area contributed by atoms with Crippen LogP contribution >= 0.6 is 0 Å². The van der Waals surface area contributed by atoms with Gasteiger partial charge in [-0.25, -0.2) is 18.0 Å². The molecule has 1 saturated carbocycles. The van der Waals surface area contributed by atoms with Crippen molar-refractivity contribution in [1.82, 2.24) is 4.57 Å². The van der Waals surface area contributed by atoms with E-state index < -0.39 is 34.4 Å².